The second kappa shape index (κ2) is 6.50. The predicted octanol–water partition coefficient (Wildman–Crippen LogP) is 2.16. The molecule has 0 spiro atoms. The van der Waals surface area contributed by atoms with Crippen LogP contribution >= 0.6 is 11.8 Å². The van der Waals surface area contributed by atoms with E-state index in [-0.39, 0.29) is 5.91 Å². The van der Waals surface area contributed by atoms with E-state index in [9.17, 15) is 4.79 Å². The Kier molecular flexibility index (Phi) is 5.62. The number of amides is 1. The van der Waals surface area contributed by atoms with Crippen LogP contribution in [0, 0.1) is 0 Å². The molecule has 3 nitrogen and oxygen atoms in total. The highest BCUT2D eigenvalue weighted by molar-refractivity contribution is 8.00. The molecule has 16 heavy (non-hydrogen) atoms. The van der Waals surface area contributed by atoms with Gasteiger partial charge in [0.15, 0.2) is 0 Å². The standard InChI is InChI=1S/C12H23NO2S/c1-12(2,3)16-10-4-5-11(14)13-6-8-15-9-7-13/h4-10H2,1-3H3. The summed E-state index contributed by atoms with van der Waals surface area (Å²) >= 11 is 1.93. The Hall–Kier alpha value is -0.220. The van der Waals surface area contributed by atoms with E-state index in [1.807, 2.05) is 16.7 Å². The molecule has 1 saturated heterocycles. The van der Waals surface area contributed by atoms with Crippen LogP contribution in [0.3, 0.4) is 0 Å². The van der Waals surface area contributed by atoms with Crippen LogP contribution < -0.4 is 0 Å². The highest BCUT2D eigenvalue weighted by Gasteiger charge is 2.16. The second-order valence-electron chi connectivity index (χ2n) is 5.06. The molecule has 1 fully saturated rings. The van der Waals surface area contributed by atoms with Crippen molar-refractivity contribution < 1.29 is 9.53 Å². The maximum Gasteiger partial charge on any atom is 0.222 e. The zero-order valence-electron chi connectivity index (χ0n) is 10.6. The maximum absolute atomic E-state index is 11.8. The molecule has 0 aromatic carbocycles. The van der Waals surface area contributed by atoms with Crippen molar-refractivity contribution in [1.29, 1.82) is 0 Å². The minimum absolute atomic E-state index is 0.290. The molecule has 1 heterocycles. The van der Waals surface area contributed by atoms with Crippen molar-refractivity contribution in [3.63, 3.8) is 0 Å². The quantitative estimate of drug-likeness (QED) is 0.711. The first-order valence-electron chi connectivity index (χ1n) is 5.98. The number of hydrogen-bond acceptors (Lipinski definition) is 3. The summed E-state index contributed by atoms with van der Waals surface area (Å²) in [6.45, 7) is 9.56. The van der Waals surface area contributed by atoms with Gasteiger partial charge in [0.05, 0.1) is 13.2 Å². The van der Waals surface area contributed by atoms with Gasteiger partial charge in [-0.15, -0.1) is 0 Å². The number of hydrogen-bond donors (Lipinski definition) is 0. The highest BCUT2D eigenvalue weighted by Crippen LogP contribution is 2.24. The topological polar surface area (TPSA) is 29.5 Å². The number of morpholine rings is 1. The van der Waals surface area contributed by atoms with Crippen molar-refractivity contribution in [3.8, 4) is 0 Å². The van der Waals surface area contributed by atoms with Gasteiger partial charge in [0.2, 0.25) is 5.91 Å². The number of nitrogens with zero attached hydrogens (tertiary/aromatic N) is 1. The first-order chi connectivity index (χ1) is 7.49. The lowest BCUT2D eigenvalue weighted by molar-refractivity contribution is -0.135. The smallest absolute Gasteiger partial charge is 0.222 e. The molecule has 1 aliphatic rings. The van der Waals surface area contributed by atoms with E-state index in [4.69, 9.17) is 4.74 Å². The molecule has 0 aromatic heterocycles. The van der Waals surface area contributed by atoms with Gasteiger partial charge in [-0.05, 0) is 12.2 Å². The Morgan fingerprint density at radius 2 is 1.94 bits per heavy atom. The average Bonchev–Trinajstić information content (AvgIpc) is 2.24. The van der Waals surface area contributed by atoms with E-state index < -0.39 is 0 Å². The second-order valence-corrected chi connectivity index (χ2v) is 6.98. The Bertz CT molecular complexity index is 220. The molecule has 1 aliphatic heterocycles. The van der Waals surface area contributed by atoms with Gasteiger partial charge in [0, 0.05) is 24.3 Å². The predicted molar refractivity (Wildman–Crippen MR) is 68.8 cm³/mol. The molecule has 0 aromatic rings. The van der Waals surface area contributed by atoms with Gasteiger partial charge in [0.25, 0.3) is 0 Å². The van der Waals surface area contributed by atoms with E-state index in [1.165, 1.54) is 0 Å². The van der Waals surface area contributed by atoms with Crippen molar-refractivity contribution in [2.75, 3.05) is 32.1 Å². The van der Waals surface area contributed by atoms with Gasteiger partial charge in [-0.2, -0.15) is 11.8 Å². The third kappa shape index (κ3) is 5.75. The van der Waals surface area contributed by atoms with Crippen LogP contribution in [-0.2, 0) is 9.53 Å². The van der Waals surface area contributed by atoms with Crippen molar-refractivity contribution >= 4 is 17.7 Å². The molecule has 0 atom stereocenters. The first-order valence-corrected chi connectivity index (χ1v) is 6.97. The minimum Gasteiger partial charge on any atom is -0.378 e. The van der Waals surface area contributed by atoms with Crippen LogP contribution in [0.4, 0.5) is 0 Å². The average molecular weight is 245 g/mol. The summed E-state index contributed by atoms with van der Waals surface area (Å²) in [4.78, 5) is 13.7. The molecular formula is C12H23NO2S. The minimum atomic E-state index is 0.290. The molecule has 0 N–H and O–H groups in total. The van der Waals surface area contributed by atoms with Gasteiger partial charge in [-0.25, -0.2) is 0 Å². The fourth-order valence-electron chi connectivity index (χ4n) is 1.57. The Balaban J connectivity index is 2.10. The summed E-state index contributed by atoms with van der Waals surface area (Å²) in [5.41, 5.74) is 0. The Labute approximate surface area is 103 Å². The largest absolute Gasteiger partial charge is 0.378 e. The zero-order chi connectivity index (χ0) is 12.0. The van der Waals surface area contributed by atoms with Crippen molar-refractivity contribution in [2.24, 2.45) is 0 Å². The summed E-state index contributed by atoms with van der Waals surface area (Å²) < 4.78 is 5.53. The number of thioether (sulfide) groups is 1. The molecule has 0 bridgehead atoms. The summed E-state index contributed by atoms with van der Waals surface area (Å²) in [6, 6.07) is 0. The van der Waals surface area contributed by atoms with E-state index in [0.29, 0.717) is 24.4 Å². The summed E-state index contributed by atoms with van der Waals surface area (Å²) in [5, 5.41) is 0. The van der Waals surface area contributed by atoms with E-state index >= 15 is 0 Å². The van der Waals surface area contributed by atoms with Crippen molar-refractivity contribution in [3.05, 3.63) is 0 Å². The molecule has 0 unspecified atom stereocenters. The van der Waals surface area contributed by atoms with Crippen LogP contribution in [-0.4, -0.2) is 47.6 Å². The number of carbonyl (C=O) groups is 1. The van der Waals surface area contributed by atoms with Crippen molar-refractivity contribution in [1.82, 2.24) is 4.90 Å². The summed E-state index contributed by atoms with van der Waals surface area (Å²) in [7, 11) is 0. The third-order valence-corrected chi connectivity index (χ3v) is 3.79. The fraction of sp³-hybridized carbons (Fsp3) is 0.917. The summed E-state index contributed by atoms with van der Waals surface area (Å²) in [5.74, 6) is 1.36. The molecule has 4 heteroatoms. The highest BCUT2D eigenvalue weighted by atomic mass is 32.2. The number of carbonyl (C=O) groups excluding carboxylic acids is 1. The Morgan fingerprint density at radius 3 is 2.50 bits per heavy atom. The SMILES string of the molecule is CC(C)(C)SCCCC(=O)N1CCOCC1. The van der Waals surface area contributed by atoms with Crippen LogP contribution in [0.25, 0.3) is 0 Å². The first kappa shape index (κ1) is 13.8. The van der Waals surface area contributed by atoms with E-state index in [2.05, 4.69) is 20.8 Å². The van der Waals surface area contributed by atoms with Crippen LogP contribution in [0.5, 0.6) is 0 Å². The fourth-order valence-corrected chi connectivity index (χ4v) is 2.47. The van der Waals surface area contributed by atoms with Crippen molar-refractivity contribution in [2.45, 2.75) is 38.4 Å². The van der Waals surface area contributed by atoms with Crippen LogP contribution in [0.2, 0.25) is 0 Å². The molecular weight excluding hydrogens is 222 g/mol. The normalized spacial score (nSPS) is 17.6. The molecule has 0 saturated carbocycles. The molecule has 0 radical (unpaired) electrons. The molecule has 0 aliphatic carbocycles. The zero-order valence-corrected chi connectivity index (χ0v) is 11.4. The third-order valence-electron chi connectivity index (χ3n) is 2.43. The van der Waals surface area contributed by atoms with Crippen LogP contribution in [0.15, 0.2) is 0 Å². The molecule has 1 rings (SSSR count). The van der Waals surface area contributed by atoms with E-state index in [0.717, 1.165) is 25.3 Å². The lowest BCUT2D eigenvalue weighted by Gasteiger charge is -2.27. The van der Waals surface area contributed by atoms with E-state index in [1.54, 1.807) is 0 Å². The van der Waals surface area contributed by atoms with Gasteiger partial charge in [-0.3, -0.25) is 4.79 Å². The number of rotatable bonds is 4. The number of ether oxygens (including phenoxy) is 1. The molecule has 94 valence electrons. The monoisotopic (exact) mass is 245 g/mol. The van der Waals surface area contributed by atoms with Gasteiger partial charge in [-0.1, -0.05) is 20.8 Å². The molecule has 1 amide bonds. The van der Waals surface area contributed by atoms with Gasteiger partial charge < -0.3 is 9.64 Å². The lowest BCUT2D eigenvalue weighted by Crippen LogP contribution is -2.40. The van der Waals surface area contributed by atoms with Gasteiger partial charge in [0.1, 0.15) is 0 Å². The Morgan fingerprint density at radius 1 is 1.31 bits per heavy atom. The lowest BCUT2D eigenvalue weighted by atomic mass is 10.2. The summed E-state index contributed by atoms with van der Waals surface area (Å²) in [6.07, 6.45) is 1.67. The van der Waals surface area contributed by atoms with Crippen LogP contribution in [0.1, 0.15) is 33.6 Å². The maximum atomic E-state index is 11.8. The van der Waals surface area contributed by atoms with Gasteiger partial charge >= 0.3 is 0 Å².